The molecule has 0 bridgehead atoms. The minimum atomic E-state index is -4.93. The van der Waals surface area contributed by atoms with Gasteiger partial charge in [0.25, 0.3) is 0 Å². The second kappa shape index (κ2) is 13.9. The molecule has 2 saturated heterocycles. The predicted molar refractivity (Wildman–Crippen MR) is 162 cm³/mol. The Morgan fingerprint density at radius 3 is 1.98 bits per heavy atom. The average molecular weight is 673 g/mol. The second-order valence-electron chi connectivity index (χ2n) is 11.8. The van der Waals surface area contributed by atoms with Gasteiger partial charge in [-0.1, -0.05) is 59.6 Å². The molecule has 45 heavy (non-hydrogen) atoms. The first kappa shape index (κ1) is 33.6. The Morgan fingerprint density at radius 1 is 0.733 bits per heavy atom. The van der Waals surface area contributed by atoms with Crippen molar-refractivity contribution in [2.24, 2.45) is 5.92 Å². The molecule has 2 heterocycles. The van der Waals surface area contributed by atoms with E-state index in [2.05, 4.69) is 17.0 Å². The third kappa shape index (κ3) is 8.73. The summed E-state index contributed by atoms with van der Waals surface area (Å²) in [7, 11) is 0. The number of alkyl halides is 6. The molecule has 1 unspecified atom stereocenters. The Hall–Kier alpha value is -2.79. The molecule has 3 aromatic carbocycles. The van der Waals surface area contributed by atoms with Crippen LogP contribution in [-0.2, 0) is 30.1 Å². The van der Waals surface area contributed by atoms with Crippen LogP contribution in [0.25, 0.3) is 0 Å². The lowest BCUT2D eigenvalue weighted by atomic mass is 9.90. The smallest absolute Gasteiger partial charge is 0.332 e. The first-order valence-electron chi connectivity index (χ1n) is 14.8. The molecule has 2 fully saturated rings. The highest BCUT2D eigenvalue weighted by atomic mass is 35.5. The Morgan fingerprint density at radius 2 is 1.38 bits per heavy atom. The Kier molecular flexibility index (Phi) is 10.4. The third-order valence-electron chi connectivity index (χ3n) is 8.60. The maximum atomic E-state index is 13.7. The number of carbonyl (C=O) groups excluding carboxylic acids is 1. The summed E-state index contributed by atoms with van der Waals surface area (Å²) in [5, 5.41) is 0.611. The van der Waals surface area contributed by atoms with Gasteiger partial charge in [-0.25, -0.2) is 0 Å². The minimum Gasteiger partial charge on any atom is -0.332 e. The van der Waals surface area contributed by atoms with E-state index in [0.717, 1.165) is 44.5 Å². The maximum Gasteiger partial charge on any atom is 0.416 e. The summed E-state index contributed by atoms with van der Waals surface area (Å²) in [4.78, 5) is 19.3. The first-order valence-corrected chi connectivity index (χ1v) is 15.5. The predicted octanol–water partition coefficient (Wildman–Crippen LogP) is 8.37. The van der Waals surface area contributed by atoms with Crippen molar-refractivity contribution in [1.29, 1.82) is 0 Å². The molecule has 0 aliphatic carbocycles. The van der Waals surface area contributed by atoms with Gasteiger partial charge >= 0.3 is 12.4 Å². The summed E-state index contributed by atoms with van der Waals surface area (Å²) < 4.78 is 80.8. The van der Waals surface area contributed by atoms with E-state index in [1.54, 1.807) is 28.0 Å². The van der Waals surface area contributed by atoms with Gasteiger partial charge in [-0.15, -0.1) is 0 Å². The molecule has 0 spiro atoms. The van der Waals surface area contributed by atoms with E-state index in [0.29, 0.717) is 16.5 Å². The number of amides is 1. The van der Waals surface area contributed by atoms with Gasteiger partial charge in [-0.2, -0.15) is 26.3 Å². The second-order valence-corrected chi connectivity index (χ2v) is 12.6. The zero-order chi connectivity index (χ0) is 32.4. The van der Waals surface area contributed by atoms with Crippen LogP contribution < -0.4 is 0 Å². The van der Waals surface area contributed by atoms with Crippen molar-refractivity contribution in [3.63, 3.8) is 0 Å². The Labute approximate surface area is 268 Å². The molecule has 0 radical (unpaired) electrons. The van der Waals surface area contributed by atoms with E-state index in [1.165, 1.54) is 5.56 Å². The number of benzene rings is 3. The van der Waals surface area contributed by atoms with Crippen LogP contribution in [-0.4, -0.2) is 59.9 Å². The van der Waals surface area contributed by atoms with Gasteiger partial charge < -0.3 is 4.90 Å². The van der Waals surface area contributed by atoms with Crippen molar-refractivity contribution in [3.05, 3.63) is 105 Å². The number of rotatable bonds is 7. The quantitative estimate of drug-likeness (QED) is 0.236. The number of hydrogen-bond donors (Lipinski definition) is 0. The SMILES string of the molecule is O=C(CN1CCC(Cc2ccccc2)CC1)N1CCN(Cc2cc(C(F)(F)F)cc(C(F)(F)F)c2)CC1c1ccc(Cl)c(Cl)c1. The number of likely N-dealkylation sites (tertiary alicyclic amines) is 1. The van der Waals surface area contributed by atoms with Crippen molar-refractivity contribution in [2.45, 2.75) is 44.2 Å². The fourth-order valence-electron chi connectivity index (χ4n) is 6.23. The molecule has 1 amide bonds. The minimum absolute atomic E-state index is 0.0920. The highest BCUT2D eigenvalue weighted by molar-refractivity contribution is 6.42. The number of piperazine rings is 1. The molecule has 242 valence electrons. The molecule has 4 nitrogen and oxygen atoms in total. The molecule has 0 saturated carbocycles. The molecule has 0 aromatic heterocycles. The van der Waals surface area contributed by atoms with E-state index in [4.69, 9.17) is 23.2 Å². The normalized spacial score (nSPS) is 19.2. The zero-order valence-corrected chi connectivity index (χ0v) is 25.9. The van der Waals surface area contributed by atoms with Crippen molar-refractivity contribution < 1.29 is 31.1 Å². The molecule has 1 atom stereocenters. The van der Waals surface area contributed by atoms with E-state index in [9.17, 15) is 31.1 Å². The maximum absolute atomic E-state index is 13.7. The molecule has 12 heteroatoms. The van der Waals surface area contributed by atoms with Crippen molar-refractivity contribution in [3.8, 4) is 0 Å². The molecular formula is C33H33Cl2F6N3O. The van der Waals surface area contributed by atoms with Gasteiger partial charge in [0.15, 0.2) is 0 Å². The summed E-state index contributed by atoms with van der Waals surface area (Å²) in [5.74, 6) is 0.450. The van der Waals surface area contributed by atoms with Gasteiger partial charge in [0.05, 0.1) is 33.8 Å². The molecule has 2 aliphatic heterocycles. The number of carbonyl (C=O) groups is 1. The third-order valence-corrected chi connectivity index (χ3v) is 9.34. The molecule has 0 N–H and O–H groups in total. The Bertz CT molecular complexity index is 1440. The molecule has 5 rings (SSSR count). The van der Waals surface area contributed by atoms with Crippen LogP contribution in [0.15, 0.2) is 66.7 Å². The van der Waals surface area contributed by atoms with E-state index >= 15 is 0 Å². The fourth-order valence-corrected chi connectivity index (χ4v) is 6.54. The number of piperidine rings is 1. The number of hydrogen-bond acceptors (Lipinski definition) is 3. The fraction of sp³-hybridized carbons (Fsp3) is 0.424. The Balaban J connectivity index is 1.29. The van der Waals surface area contributed by atoms with E-state index in [1.807, 2.05) is 18.2 Å². The standard InChI is InChI=1S/C33H33Cl2F6N3O/c34-28-7-6-25(17-29(28)35)30-20-43(19-24-15-26(32(36,37)38)18-27(16-24)33(39,40)41)12-13-44(30)31(45)21-42-10-8-23(9-11-42)14-22-4-2-1-3-5-22/h1-7,15-18,23,30H,8-14,19-21H2. The topological polar surface area (TPSA) is 26.8 Å². The van der Waals surface area contributed by atoms with Crippen LogP contribution in [0.1, 0.15) is 46.7 Å². The summed E-state index contributed by atoms with van der Waals surface area (Å²) in [6.07, 6.45) is -6.91. The van der Waals surface area contributed by atoms with Crippen LogP contribution in [0.3, 0.4) is 0 Å². The van der Waals surface area contributed by atoms with Crippen molar-refractivity contribution >= 4 is 29.1 Å². The molecule has 3 aromatic rings. The van der Waals surface area contributed by atoms with Crippen molar-refractivity contribution in [2.75, 3.05) is 39.3 Å². The average Bonchev–Trinajstić information content (AvgIpc) is 2.99. The van der Waals surface area contributed by atoms with E-state index in [-0.39, 0.29) is 55.3 Å². The first-order chi connectivity index (χ1) is 21.3. The highest BCUT2D eigenvalue weighted by Crippen LogP contribution is 2.37. The van der Waals surface area contributed by atoms with Crippen LogP contribution in [0.2, 0.25) is 10.0 Å². The molecular weight excluding hydrogens is 639 g/mol. The lowest BCUT2D eigenvalue weighted by Gasteiger charge is -2.43. The van der Waals surface area contributed by atoms with Gasteiger partial charge in [0.2, 0.25) is 5.91 Å². The van der Waals surface area contributed by atoms with Crippen LogP contribution >= 0.6 is 23.2 Å². The van der Waals surface area contributed by atoms with E-state index < -0.39 is 29.5 Å². The monoisotopic (exact) mass is 671 g/mol. The van der Waals surface area contributed by atoms with Gasteiger partial charge in [-0.05, 0) is 85.3 Å². The van der Waals surface area contributed by atoms with Crippen LogP contribution in [0.4, 0.5) is 26.3 Å². The van der Waals surface area contributed by atoms with Gasteiger partial charge in [0, 0.05) is 26.2 Å². The largest absolute Gasteiger partial charge is 0.416 e. The van der Waals surface area contributed by atoms with Gasteiger partial charge in [0.1, 0.15) is 0 Å². The number of nitrogens with zero attached hydrogens (tertiary/aromatic N) is 3. The summed E-state index contributed by atoms with van der Waals surface area (Å²) in [6, 6.07) is 16.4. The lowest BCUT2D eigenvalue weighted by Crippen LogP contribution is -2.53. The highest BCUT2D eigenvalue weighted by Gasteiger charge is 2.38. The molecule has 2 aliphatic rings. The van der Waals surface area contributed by atoms with Gasteiger partial charge in [-0.3, -0.25) is 14.6 Å². The lowest BCUT2D eigenvalue weighted by molar-refractivity contribution is -0.143. The summed E-state index contributed by atoms with van der Waals surface area (Å²) in [5.41, 5.74) is -0.828. The van der Waals surface area contributed by atoms with Crippen molar-refractivity contribution in [1.82, 2.24) is 14.7 Å². The van der Waals surface area contributed by atoms with Crippen LogP contribution in [0.5, 0.6) is 0 Å². The summed E-state index contributed by atoms with van der Waals surface area (Å²) in [6.45, 7) is 2.37. The number of halogens is 8. The zero-order valence-electron chi connectivity index (χ0n) is 24.4. The van der Waals surface area contributed by atoms with Crippen LogP contribution in [0, 0.1) is 5.92 Å². The summed E-state index contributed by atoms with van der Waals surface area (Å²) >= 11 is 12.4.